The molecule has 1 saturated heterocycles. The van der Waals surface area contributed by atoms with Gasteiger partial charge in [0.05, 0.1) is 16.0 Å². The number of carbonyl (C=O) groups is 1. The Kier molecular flexibility index (Phi) is 5.63. The van der Waals surface area contributed by atoms with Crippen molar-refractivity contribution in [3.05, 3.63) is 57.5 Å². The average Bonchev–Trinajstić information content (AvgIpc) is 3.10. The van der Waals surface area contributed by atoms with E-state index in [1.165, 1.54) is 12.1 Å². The standard InChI is InChI=1S/C20H21BrF3N5O/c21-14-8-26-18-16(17(14)29-6-2-5-13(25)10-29)15(9-27-18)28-19(30)11-3-1-4-12(7-11)20(22,23)24/h1,3-4,7-9,13,16,18,27H,2,5-6,10,25H2,(H,28,30). The number of fused-ring (bicyclic) bond motifs is 1. The van der Waals surface area contributed by atoms with Crippen LogP contribution in [-0.2, 0) is 6.18 Å². The molecule has 3 heterocycles. The molecule has 0 spiro atoms. The van der Waals surface area contributed by atoms with Crippen LogP contribution >= 0.6 is 15.9 Å². The van der Waals surface area contributed by atoms with Gasteiger partial charge >= 0.3 is 6.18 Å². The van der Waals surface area contributed by atoms with Gasteiger partial charge in [0.15, 0.2) is 0 Å². The molecule has 4 N–H and O–H groups in total. The molecule has 1 fully saturated rings. The molecule has 6 nitrogen and oxygen atoms in total. The van der Waals surface area contributed by atoms with Crippen molar-refractivity contribution in [2.24, 2.45) is 16.6 Å². The van der Waals surface area contributed by atoms with E-state index in [9.17, 15) is 18.0 Å². The fraction of sp³-hybridized carbons (Fsp3) is 0.400. The maximum Gasteiger partial charge on any atom is 0.416 e. The zero-order valence-corrected chi connectivity index (χ0v) is 17.5. The summed E-state index contributed by atoms with van der Waals surface area (Å²) in [5.41, 5.74) is 6.76. The summed E-state index contributed by atoms with van der Waals surface area (Å²) in [6.07, 6.45) is 0.500. The number of halogens is 4. The molecule has 10 heteroatoms. The molecule has 30 heavy (non-hydrogen) atoms. The molecule has 0 radical (unpaired) electrons. The van der Waals surface area contributed by atoms with Crippen LogP contribution in [0.25, 0.3) is 0 Å². The van der Waals surface area contributed by atoms with Gasteiger partial charge in [-0.05, 0) is 47.0 Å². The summed E-state index contributed by atoms with van der Waals surface area (Å²) in [7, 11) is 0. The first kappa shape index (κ1) is 20.9. The normalized spacial score (nSPS) is 26.2. The third-order valence-corrected chi connectivity index (χ3v) is 6.07. The van der Waals surface area contributed by atoms with Crippen LogP contribution in [0.15, 0.2) is 51.3 Å². The van der Waals surface area contributed by atoms with Crippen molar-refractivity contribution in [2.75, 3.05) is 13.1 Å². The highest BCUT2D eigenvalue weighted by molar-refractivity contribution is 9.12. The first-order chi connectivity index (χ1) is 14.2. The second-order valence-corrected chi connectivity index (χ2v) is 8.44. The van der Waals surface area contributed by atoms with Crippen LogP contribution in [0, 0.1) is 5.92 Å². The number of dihydropyridines is 1. The van der Waals surface area contributed by atoms with E-state index in [1.807, 2.05) is 0 Å². The largest absolute Gasteiger partial charge is 0.416 e. The number of alkyl halides is 3. The zero-order chi connectivity index (χ0) is 21.5. The SMILES string of the molecule is NC1CCCN(C2=C(Br)C=NC3NC=C(NC(=O)c4cccc(C(F)(F)F)c4)C23)C1. The van der Waals surface area contributed by atoms with Gasteiger partial charge in [-0.2, -0.15) is 13.2 Å². The number of hydrogen-bond donors (Lipinski definition) is 3. The predicted octanol–water partition coefficient (Wildman–Crippen LogP) is 2.94. The number of benzene rings is 1. The number of nitrogens with one attached hydrogen (secondary N) is 2. The van der Waals surface area contributed by atoms with Crippen LogP contribution in [0.5, 0.6) is 0 Å². The van der Waals surface area contributed by atoms with E-state index < -0.39 is 17.6 Å². The molecular formula is C20H21BrF3N5O. The van der Waals surface area contributed by atoms with E-state index in [2.05, 4.69) is 36.5 Å². The fourth-order valence-electron chi connectivity index (χ4n) is 4.05. The number of piperidine rings is 1. The number of likely N-dealkylation sites (tertiary alicyclic amines) is 1. The topological polar surface area (TPSA) is 82.8 Å². The first-order valence-electron chi connectivity index (χ1n) is 9.62. The van der Waals surface area contributed by atoms with Crippen molar-refractivity contribution in [2.45, 2.75) is 31.2 Å². The van der Waals surface area contributed by atoms with Crippen molar-refractivity contribution in [3.63, 3.8) is 0 Å². The third kappa shape index (κ3) is 4.11. The van der Waals surface area contributed by atoms with E-state index >= 15 is 0 Å². The zero-order valence-electron chi connectivity index (χ0n) is 15.9. The van der Waals surface area contributed by atoms with Gasteiger partial charge in [0.25, 0.3) is 5.91 Å². The number of rotatable bonds is 3. The van der Waals surface area contributed by atoms with Crippen molar-refractivity contribution in [3.8, 4) is 0 Å². The van der Waals surface area contributed by atoms with Gasteiger partial charge < -0.3 is 21.3 Å². The molecule has 3 atom stereocenters. The number of carbonyl (C=O) groups excluding carboxylic acids is 1. The van der Waals surface area contributed by atoms with Gasteiger partial charge in [0.2, 0.25) is 0 Å². The number of hydrogen-bond acceptors (Lipinski definition) is 5. The van der Waals surface area contributed by atoms with Crippen molar-refractivity contribution in [1.29, 1.82) is 0 Å². The molecule has 3 aliphatic heterocycles. The van der Waals surface area contributed by atoms with E-state index in [0.717, 1.165) is 41.7 Å². The van der Waals surface area contributed by atoms with Crippen LogP contribution in [0.1, 0.15) is 28.8 Å². The quantitative estimate of drug-likeness (QED) is 0.617. The lowest BCUT2D eigenvalue weighted by molar-refractivity contribution is -0.137. The second-order valence-electron chi connectivity index (χ2n) is 7.58. The van der Waals surface area contributed by atoms with Gasteiger partial charge in [-0.25, -0.2) is 0 Å². The number of nitrogens with zero attached hydrogens (tertiary/aromatic N) is 2. The lowest BCUT2D eigenvalue weighted by atomic mass is 9.94. The fourth-order valence-corrected chi connectivity index (χ4v) is 4.66. The molecule has 160 valence electrons. The van der Waals surface area contributed by atoms with E-state index in [-0.39, 0.29) is 23.7 Å². The van der Waals surface area contributed by atoms with Crippen LogP contribution < -0.4 is 16.4 Å². The van der Waals surface area contributed by atoms with E-state index in [1.54, 1.807) is 12.4 Å². The lowest BCUT2D eigenvalue weighted by Gasteiger charge is -2.39. The Balaban J connectivity index is 1.57. The lowest BCUT2D eigenvalue weighted by Crippen LogP contribution is -2.47. The van der Waals surface area contributed by atoms with Crippen LogP contribution in [0.4, 0.5) is 13.2 Å². The summed E-state index contributed by atoms with van der Waals surface area (Å²) in [6, 6.07) is 4.44. The van der Waals surface area contributed by atoms with Gasteiger partial charge in [-0.15, -0.1) is 0 Å². The number of allylic oxidation sites excluding steroid dienone is 1. The Morgan fingerprint density at radius 2 is 2.17 bits per heavy atom. The smallest absolute Gasteiger partial charge is 0.372 e. The molecule has 4 rings (SSSR count). The Morgan fingerprint density at radius 3 is 2.90 bits per heavy atom. The molecule has 3 aliphatic rings. The average molecular weight is 484 g/mol. The number of aliphatic imine (C=N–C) groups is 1. The molecule has 0 saturated carbocycles. The summed E-state index contributed by atoms with van der Waals surface area (Å²) >= 11 is 3.57. The Hall–Kier alpha value is -2.33. The highest BCUT2D eigenvalue weighted by atomic mass is 79.9. The van der Waals surface area contributed by atoms with Crippen molar-refractivity contribution in [1.82, 2.24) is 15.5 Å². The molecule has 3 unspecified atom stereocenters. The number of amides is 1. The Labute approximate surface area is 180 Å². The van der Waals surface area contributed by atoms with Gasteiger partial charge in [0, 0.05) is 48.5 Å². The molecular weight excluding hydrogens is 463 g/mol. The van der Waals surface area contributed by atoms with E-state index in [4.69, 9.17) is 5.73 Å². The number of nitrogens with two attached hydrogens (primary N) is 1. The van der Waals surface area contributed by atoms with Gasteiger partial charge in [-0.1, -0.05) is 6.07 Å². The summed E-state index contributed by atoms with van der Waals surface area (Å²) in [5, 5.41) is 5.91. The highest BCUT2D eigenvalue weighted by Gasteiger charge is 2.40. The van der Waals surface area contributed by atoms with E-state index in [0.29, 0.717) is 12.2 Å². The van der Waals surface area contributed by atoms with Crippen molar-refractivity contribution >= 4 is 28.1 Å². The second kappa shape index (κ2) is 8.07. The highest BCUT2D eigenvalue weighted by Crippen LogP contribution is 2.37. The molecule has 1 amide bonds. The Bertz CT molecular complexity index is 943. The minimum Gasteiger partial charge on any atom is -0.372 e. The molecule has 0 bridgehead atoms. The molecule has 0 aliphatic carbocycles. The molecule has 0 aromatic heterocycles. The summed E-state index contributed by atoms with van der Waals surface area (Å²) in [6.45, 7) is 1.53. The Morgan fingerprint density at radius 1 is 1.37 bits per heavy atom. The van der Waals surface area contributed by atoms with Crippen LogP contribution in [0.2, 0.25) is 0 Å². The van der Waals surface area contributed by atoms with Crippen LogP contribution in [0.3, 0.4) is 0 Å². The van der Waals surface area contributed by atoms with Crippen molar-refractivity contribution < 1.29 is 18.0 Å². The third-order valence-electron chi connectivity index (χ3n) is 5.46. The maximum absolute atomic E-state index is 13.0. The summed E-state index contributed by atoms with van der Waals surface area (Å²) in [4.78, 5) is 19.4. The molecule has 1 aromatic rings. The van der Waals surface area contributed by atoms with Gasteiger partial charge in [0.1, 0.15) is 6.17 Å². The molecule has 1 aromatic carbocycles. The summed E-state index contributed by atoms with van der Waals surface area (Å²) in [5.74, 6) is -0.875. The first-order valence-corrected chi connectivity index (χ1v) is 10.4. The minimum absolute atomic E-state index is 0.0573. The van der Waals surface area contributed by atoms with Crippen LogP contribution in [-0.4, -0.2) is 42.3 Å². The summed E-state index contributed by atoms with van der Waals surface area (Å²) < 4.78 is 39.8. The van der Waals surface area contributed by atoms with Gasteiger partial charge in [-0.3, -0.25) is 9.79 Å². The predicted molar refractivity (Wildman–Crippen MR) is 111 cm³/mol. The monoisotopic (exact) mass is 483 g/mol. The maximum atomic E-state index is 13.0. The minimum atomic E-state index is -4.51.